The Bertz CT molecular complexity index is 618. The van der Waals surface area contributed by atoms with Crippen molar-refractivity contribution in [2.75, 3.05) is 10.7 Å². The zero-order valence-electron chi connectivity index (χ0n) is 9.76. The number of hydrazine groups is 1. The molecule has 2 aromatic rings. The summed E-state index contributed by atoms with van der Waals surface area (Å²) in [6.45, 7) is 0. The molecule has 0 radical (unpaired) electrons. The average Bonchev–Trinajstić information content (AvgIpc) is 2.38. The molecule has 0 aliphatic heterocycles. The minimum absolute atomic E-state index is 0.0245. The first kappa shape index (κ1) is 13.6. The van der Waals surface area contributed by atoms with Gasteiger partial charge in [0.15, 0.2) is 0 Å². The fourth-order valence-electron chi connectivity index (χ4n) is 1.60. The lowest BCUT2D eigenvalue weighted by molar-refractivity contribution is -0.384. The number of nitro benzene ring substituents is 1. The summed E-state index contributed by atoms with van der Waals surface area (Å²) in [7, 11) is 0. The maximum absolute atomic E-state index is 10.8. The number of benzene rings is 2. The molecule has 2 aromatic carbocycles. The number of nitrogens with two attached hydrogens (primary N) is 1. The highest BCUT2D eigenvalue weighted by molar-refractivity contribution is 14.1. The molecule has 0 fully saturated rings. The van der Waals surface area contributed by atoms with Crippen molar-refractivity contribution in [3.63, 3.8) is 0 Å². The number of hydrogen-bond donors (Lipinski definition) is 3. The zero-order valence-corrected chi connectivity index (χ0v) is 11.9. The third kappa shape index (κ3) is 3.55. The quantitative estimate of drug-likeness (QED) is 0.333. The van der Waals surface area contributed by atoms with Crippen LogP contribution in [-0.2, 0) is 0 Å². The summed E-state index contributed by atoms with van der Waals surface area (Å²) in [5.74, 6) is 5.30. The Balaban J connectivity index is 2.34. The smallest absolute Gasteiger partial charge is 0.273 e. The fourth-order valence-corrected chi connectivity index (χ4v) is 2.15. The van der Waals surface area contributed by atoms with Crippen molar-refractivity contribution >= 4 is 45.3 Å². The van der Waals surface area contributed by atoms with Crippen LogP contribution in [0, 0.1) is 13.7 Å². The van der Waals surface area contributed by atoms with Crippen LogP contribution in [0.2, 0.25) is 0 Å². The molecule has 0 atom stereocenters. The van der Waals surface area contributed by atoms with E-state index in [0.717, 1.165) is 9.26 Å². The molecule has 0 spiro atoms. The molecule has 19 heavy (non-hydrogen) atoms. The molecule has 0 unspecified atom stereocenters. The molecule has 0 heterocycles. The lowest BCUT2D eigenvalue weighted by Crippen LogP contribution is -2.07. The second kappa shape index (κ2) is 5.85. The van der Waals surface area contributed by atoms with Crippen molar-refractivity contribution in [1.82, 2.24) is 0 Å². The summed E-state index contributed by atoms with van der Waals surface area (Å²) < 4.78 is 1.07. The van der Waals surface area contributed by atoms with E-state index in [4.69, 9.17) is 5.84 Å². The van der Waals surface area contributed by atoms with Crippen molar-refractivity contribution in [2.45, 2.75) is 0 Å². The van der Waals surface area contributed by atoms with Gasteiger partial charge in [-0.25, -0.2) is 0 Å². The molecule has 98 valence electrons. The first-order valence-electron chi connectivity index (χ1n) is 5.37. The van der Waals surface area contributed by atoms with Crippen molar-refractivity contribution in [3.8, 4) is 0 Å². The van der Waals surface area contributed by atoms with Gasteiger partial charge in [0.1, 0.15) is 0 Å². The molecule has 7 heteroatoms. The number of hydrogen-bond acceptors (Lipinski definition) is 5. The molecule has 0 aliphatic carbocycles. The van der Waals surface area contributed by atoms with Crippen LogP contribution in [0.3, 0.4) is 0 Å². The Kier molecular flexibility index (Phi) is 4.17. The molecule has 0 saturated heterocycles. The summed E-state index contributed by atoms with van der Waals surface area (Å²) in [5, 5.41) is 13.9. The van der Waals surface area contributed by atoms with E-state index in [9.17, 15) is 10.1 Å². The topological polar surface area (TPSA) is 93.2 Å². The molecular formula is C12H11IN4O2. The van der Waals surface area contributed by atoms with Crippen LogP contribution in [0.1, 0.15) is 0 Å². The zero-order chi connectivity index (χ0) is 13.8. The largest absolute Gasteiger partial charge is 0.355 e. The van der Waals surface area contributed by atoms with E-state index in [1.54, 1.807) is 6.07 Å². The van der Waals surface area contributed by atoms with Crippen LogP contribution >= 0.6 is 22.6 Å². The maximum Gasteiger partial charge on any atom is 0.273 e. The minimum Gasteiger partial charge on any atom is -0.355 e. The van der Waals surface area contributed by atoms with Crippen molar-refractivity contribution in [1.29, 1.82) is 0 Å². The summed E-state index contributed by atoms with van der Waals surface area (Å²) in [6.07, 6.45) is 0. The number of nitrogen functional groups attached to an aromatic ring is 1. The van der Waals surface area contributed by atoms with Gasteiger partial charge >= 0.3 is 0 Å². The number of nitrogens with one attached hydrogen (secondary N) is 2. The van der Waals surface area contributed by atoms with Crippen LogP contribution in [0.25, 0.3) is 0 Å². The highest BCUT2D eigenvalue weighted by atomic mass is 127. The van der Waals surface area contributed by atoms with Crippen LogP contribution < -0.4 is 16.6 Å². The standard InChI is InChI=1S/C12H11IN4O2/c13-8-2-1-3-9(4-8)15-10-5-11(16-14)7-12(6-10)17(18)19/h1-7,15-16H,14H2. The van der Waals surface area contributed by atoms with E-state index in [-0.39, 0.29) is 5.69 Å². The molecule has 4 N–H and O–H groups in total. The molecule has 2 rings (SSSR count). The van der Waals surface area contributed by atoms with Gasteiger partial charge in [0, 0.05) is 27.1 Å². The molecule has 0 bridgehead atoms. The Hall–Kier alpha value is -1.87. The van der Waals surface area contributed by atoms with E-state index in [2.05, 4.69) is 33.3 Å². The fraction of sp³-hybridized carbons (Fsp3) is 0. The first-order valence-corrected chi connectivity index (χ1v) is 6.45. The third-order valence-corrected chi connectivity index (χ3v) is 3.08. The number of halogens is 1. The van der Waals surface area contributed by atoms with Gasteiger partial charge in [0.05, 0.1) is 10.6 Å². The van der Waals surface area contributed by atoms with E-state index >= 15 is 0 Å². The van der Waals surface area contributed by atoms with Crippen LogP contribution in [0.5, 0.6) is 0 Å². The van der Waals surface area contributed by atoms with Crippen LogP contribution in [0.15, 0.2) is 42.5 Å². The molecule has 6 nitrogen and oxygen atoms in total. The Labute approximate surface area is 123 Å². The summed E-state index contributed by atoms with van der Waals surface area (Å²) >= 11 is 2.20. The van der Waals surface area contributed by atoms with Gasteiger partial charge in [0.2, 0.25) is 0 Å². The van der Waals surface area contributed by atoms with Crippen molar-refractivity contribution in [2.24, 2.45) is 5.84 Å². The number of non-ortho nitro benzene ring substituents is 1. The van der Waals surface area contributed by atoms with E-state index in [1.165, 1.54) is 12.1 Å². The highest BCUT2D eigenvalue weighted by Crippen LogP contribution is 2.26. The number of nitro groups is 1. The van der Waals surface area contributed by atoms with Gasteiger partial charge in [0.25, 0.3) is 5.69 Å². The molecular weight excluding hydrogens is 359 g/mol. The van der Waals surface area contributed by atoms with Crippen LogP contribution in [0.4, 0.5) is 22.7 Å². The molecule has 0 aromatic heterocycles. The van der Waals surface area contributed by atoms with Gasteiger partial charge in [-0.15, -0.1) is 0 Å². The van der Waals surface area contributed by atoms with E-state index in [0.29, 0.717) is 11.4 Å². The highest BCUT2D eigenvalue weighted by Gasteiger charge is 2.09. The van der Waals surface area contributed by atoms with Gasteiger partial charge in [-0.2, -0.15) is 0 Å². The normalized spacial score (nSPS) is 10.0. The first-order chi connectivity index (χ1) is 9.08. The third-order valence-electron chi connectivity index (χ3n) is 2.41. The minimum atomic E-state index is -0.458. The summed E-state index contributed by atoms with van der Waals surface area (Å²) in [4.78, 5) is 10.4. The Morgan fingerprint density at radius 2 is 1.84 bits per heavy atom. The second-order valence-corrected chi connectivity index (χ2v) is 5.05. The summed E-state index contributed by atoms with van der Waals surface area (Å²) in [6, 6.07) is 12.2. The Morgan fingerprint density at radius 1 is 1.11 bits per heavy atom. The lowest BCUT2D eigenvalue weighted by Gasteiger charge is -2.09. The van der Waals surface area contributed by atoms with E-state index < -0.39 is 4.92 Å². The van der Waals surface area contributed by atoms with Gasteiger partial charge in [-0.05, 0) is 46.9 Å². The van der Waals surface area contributed by atoms with Gasteiger partial charge in [-0.1, -0.05) is 6.07 Å². The van der Waals surface area contributed by atoms with Crippen LogP contribution in [-0.4, -0.2) is 4.92 Å². The molecule has 0 saturated carbocycles. The summed E-state index contributed by atoms with van der Waals surface area (Å²) in [5.41, 5.74) is 4.32. The van der Waals surface area contributed by atoms with E-state index in [1.807, 2.05) is 24.3 Å². The maximum atomic E-state index is 10.8. The second-order valence-electron chi connectivity index (χ2n) is 3.81. The SMILES string of the molecule is NNc1cc(Nc2cccc(I)c2)cc([N+](=O)[O-])c1. The van der Waals surface area contributed by atoms with Gasteiger partial charge < -0.3 is 10.7 Å². The predicted octanol–water partition coefficient (Wildman–Crippen LogP) is 3.23. The molecule has 0 aliphatic rings. The molecule has 0 amide bonds. The lowest BCUT2D eigenvalue weighted by atomic mass is 10.2. The monoisotopic (exact) mass is 370 g/mol. The number of nitrogens with zero attached hydrogens (tertiary/aromatic N) is 1. The number of anilines is 3. The van der Waals surface area contributed by atoms with Crippen molar-refractivity contribution in [3.05, 3.63) is 56.1 Å². The van der Waals surface area contributed by atoms with Gasteiger partial charge in [-0.3, -0.25) is 16.0 Å². The number of rotatable bonds is 4. The van der Waals surface area contributed by atoms with Crippen molar-refractivity contribution < 1.29 is 4.92 Å². The Morgan fingerprint density at radius 3 is 2.47 bits per heavy atom. The average molecular weight is 370 g/mol. The predicted molar refractivity (Wildman–Crippen MR) is 83.3 cm³/mol.